The third kappa shape index (κ3) is 2.46. The van der Waals surface area contributed by atoms with Crippen molar-refractivity contribution >= 4 is 0 Å². The molecule has 0 radical (unpaired) electrons. The molecule has 0 N–H and O–H groups in total. The number of hydrogen-bond donors (Lipinski definition) is 0. The van der Waals surface area contributed by atoms with Gasteiger partial charge < -0.3 is 0 Å². The smallest absolute Gasteiger partial charge is 0.0560 e. The molecule has 2 aliphatic rings. The predicted octanol–water partition coefficient (Wildman–Crippen LogP) is 5.47. The Morgan fingerprint density at radius 2 is 2.10 bits per heavy atom. The highest BCUT2D eigenvalue weighted by Gasteiger charge is 2.49. The Morgan fingerprint density at radius 1 is 1.38 bits per heavy atom. The first-order chi connectivity index (χ1) is 10.00. The van der Waals surface area contributed by atoms with Crippen LogP contribution in [0.2, 0.25) is 0 Å². The summed E-state index contributed by atoms with van der Waals surface area (Å²) in [5.74, 6) is 4.77. The van der Waals surface area contributed by atoms with Crippen LogP contribution in [-0.4, -0.2) is 0 Å². The molecule has 110 valence electrons. The normalized spacial score (nSPS) is 35.9. The van der Waals surface area contributed by atoms with Crippen LogP contribution in [0, 0.1) is 35.5 Å². The highest BCUT2D eigenvalue weighted by Crippen LogP contribution is 2.56. The Bertz CT molecular complexity index is 576. The van der Waals surface area contributed by atoms with Crippen LogP contribution in [0.1, 0.15) is 33.6 Å². The van der Waals surface area contributed by atoms with E-state index in [2.05, 4.69) is 64.2 Å². The number of terminal acetylenes is 1. The first kappa shape index (κ1) is 15.6. The summed E-state index contributed by atoms with van der Waals surface area (Å²) in [4.78, 5) is 0. The largest absolute Gasteiger partial charge is 0.119 e. The molecule has 0 aromatic heterocycles. The van der Waals surface area contributed by atoms with Crippen molar-refractivity contribution in [2.75, 3.05) is 0 Å². The second-order valence-corrected chi connectivity index (χ2v) is 6.51. The van der Waals surface area contributed by atoms with Gasteiger partial charge in [-0.05, 0) is 54.2 Å². The molecule has 2 rings (SSSR count). The Morgan fingerprint density at radius 3 is 2.62 bits per heavy atom. The zero-order valence-electron chi connectivity index (χ0n) is 13.5. The topological polar surface area (TPSA) is 0 Å². The fourth-order valence-electron chi connectivity index (χ4n) is 3.95. The van der Waals surface area contributed by atoms with Crippen LogP contribution in [0.25, 0.3) is 0 Å². The summed E-state index contributed by atoms with van der Waals surface area (Å²) in [5, 5.41) is 0. The van der Waals surface area contributed by atoms with Crippen molar-refractivity contribution in [3.8, 4) is 12.3 Å². The fraction of sp³-hybridized carbons (Fsp3) is 0.429. The van der Waals surface area contributed by atoms with Gasteiger partial charge >= 0.3 is 0 Å². The maximum Gasteiger partial charge on any atom is 0.0560 e. The summed E-state index contributed by atoms with van der Waals surface area (Å²) < 4.78 is 0. The van der Waals surface area contributed by atoms with E-state index in [4.69, 9.17) is 6.42 Å². The average molecular weight is 278 g/mol. The Balaban J connectivity index is 2.27. The maximum atomic E-state index is 6.02. The zero-order chi connectivity index (χ0) is 15.6. The average Bonchev–Trinajstić information content (AvgIpc) is 3.06. The fourth-order valence-corrected chi connectivity index (χ4v) is 3.95. The summed E-state index contributed by atoms with van der Waals surface area (Å²) >= 11 is 0. The lowest BCUT2D eigenvalue weighted by atomic mass is 9.70. The molecule has 4 atom stereocenters. The van der Waals surface area contributed by atoms with Crippen LogP contribution < -0.4 is 0 Å². The number of hydrogen-bond acceptors (Lipinski definition) is 0. The summed E-state index contributed by atoms with van der Waals surface area (Å²) in [6, 6.07) is 0. The molecule has 0 nitrogen and oxygen atoms in total. The molecule has 0 aromatic rings. The molecular weight excluding hydrogens is 252 g/mol. The van der Waals surface area contributed by atoms with E-state index >= 15 is 0 Å². The monoisotopic (exact) mass is 278 g/mol. The van der Waals surface area contributed by atoms with E-state index < -0.39 is 0 Å². The van der Waals surface area contributed by atoms with Gasteiger partial charge in [-0.3, -0.25) is 0 Å². The van der Waals surface area contributed by atoms with Gasteiger partial charge in [0.2, 0.25) is 0 Å². The molecule has 2 aliphatic carbocycles. The molecule has 0 unspecified atom stereocenters. The molecule has 0 heteroatoms. The van der Waals surface area contributed by atoms with Crippen molar-refractivity contribution in [2.45, 2.75) is 33.6 Å². The third-order valence-corrected chi connectivity index (χ3v) is 5.67. The molecule has 0 aromatic carbocycles. The van der Waals surface area contributed by atoms with Crippen molar-refractivity contribution in [3.63, 3.8) is 0 Å². The van der Waals surface area contributed by atoms with Crippen LogP contribution in [0.3, 0.4) is 0 Å². The summed E-state index contributed by atoms with van der Waals surface area (Å²) in [5.41, 5.74) is 3.94. The summed E-state index contributed by atoms with van der Waals surface area (Å²) in [6.07, 6.45) is 18.5. The highest BCUT2D eigenvalue weighted by atomic mass is 14.5. The van der Waals surface area contributed by atoms with Gasteiger partial charge in [-0.15, -0.1) is 13.0 Å². The lowest BCUT2D eigenvalue weighted by molar-refractivity contribution is 0.315. The molecular formula is C21H26. The van der Waals surface area contributed by atoms with Gasteiger partial charge in [-0.1, -0.05) is 56.7 Å². The first-order valence-electron chi connectivity index (χ1n) is 7.80. The molecule has 0 aliphatic heterocycles. The van der Waals surface area contributed by atoms with E-state index in [1.54, 1.807) is 0 Å². The molecule has 0 bridgehead atoms. The van der Waals surface area contributed by atoms with Gasteiger partial charge in [-0.2, -0.15) is 0 Å². The van der Waals surface area contributed by atoms with E-state index in [1.165, 1.54) is 16.7 Å². The minimum atomic E-state index is -0.106. The van der Waals surface area contributed by atoms with Crippen LogP contribution in [0.4, 0.5) is 0 Å². The lowest BCUT2D eigenvalue weighted by Crippen LogP contribution is -2.26. The molecule has 0 saturated heterocycles. The van der Waals surface area contributed by atoms with E-state index in [0.29, 0.717) is 17.8 Å². The van der Waals surface area contributed by atoms with E-state index in [0.717, 1.165) is 12.8 Å². The second-order valence-electron chi connectivity index (χ2n) is 6.51. The van der Waals surface area contributed by atoms with E-state index in [1.807, 2.05) is 6.08 Å². The molecule has 1 saturated carbocycles. The predicted molar refractivity (Wildman–Crippen MR) is 92.6 cm³/mol. The Labute approximate surface area is 130 Å². The minimum Gasteiger partial charge on any atom is -0.119 e. The van der Waals surface area contributed by atoms with Gasteiger partial charge in [0.15, 0.2) is 0 Å². The van der Waals surface area contributed by atoms with Crippen molar-refractivity contribution in [3.05, 3.63) is 60.3 Å². The molecule has 0 spiro atoms. The van der Waals surface area contributed by atoms with Crippen molar-refractivity contribution < 1.29 is 0 Å². The summed E-state index contributed by atoms with van der Waals surface area (Å²) in [6.45, 7) is 14.5. The van der Waals surface area contributed by atoms with Crippen LogP contribution in [-0.2, 0) is 0 Å². The SMILES string of the molecule is C#C[C@@]1(C2=CC=C(/C(C)=C\C=C)C2)C[C@H](C=C)[C@@H](C)[C@H]1C. The van der Waals surface area contributed by atoms with Gasteiger partial charge in [0.05, 0.1) is 5.41 Å². The van der Waals surface area contributed by atoms with Crippen LogP contribution in [0.15, 0.2) is 60.3 Å². The van der Waals surface area contributed by atoms with Crippen molar-refractivity contribution in [1.82, 2.24) is 0 Å². The molecule has 21 heavy (non-hydrogen) atoms. The summed E-state index contributed by atoms with van der Waals surface area (Å²) in [7, 11) is 0. The van der Waals surface area contributed by atoms with Crippen LogP contribution >= 0.6 is 0 Å². The molecule has 0 amide bonds. The standard InChI is InChI=1S/C21H26/c1-7-10-15(4)19-11-12-20(13-19)21(9-3)14-18(8-2)16(5)17(21)6/h3,7-8,10-12,16-18H,1-2,13-14H2,4-6H3/b15-10-/t16-,17+,18-,21+/m0/s1. The van der Waals surface area contributed by atoms with Gasteiger partial charge in [0, 0.05) is 0 Å². The highest BCUT2D eigenvalue weighted by molar-refractivity contribution is 5.48. The molecule has 0 heterocycles. The third-order valence-electron chi connectivity index (χ3n) is 5.67. The number of allylic oxidation sites excluding steroid dienone is 8. The van der Waals surface area contributed by atoms with Crippen LogP contribution in [0.5, 0.6) is 0 Å². The molecule has 1 fully saturated rings. The Kier molecular flexibility index (Phi) is 4.43. The van der Waals surface area contributed by atoms with Gasteiger partial charge in [0.25, 0.3) is 0 Å². The quantitative estimate of drug-likeness (QED) is 0.363. The number of rotatable bonds is 4. The van der Waals surface area contributed by atoms with E-state index in [-0.39, 0.29) is 5.41 Å². The van der Waals surface area contributed by atoms with E-state index in [9.17, 15) is 0 Å². The maximum absolute atomic E-state index is 6.02. The van der Waals surface area contributed by atoms with Gasteiger partial charge in [-0.25, -0.2) is 0 Å². The van der Waals surface area contributed by atoms with Crippen molar-refractivity contribution in [2.24, 2.45) is 23.2 Å². The van der Waals surface area contributed by atoms with Gasteiger partial charge in [0.1, 0.15) is 0 Å². The minimum absolute atomic E-state index is 0.106. The zero-order valence-corrected chi connectivity index (χ0v) is 13.5. The lowest BCUT2D eigenvalue weighted by Gasteiger charge is -2.31. The first-order valence-corrected chi connectivity index (χ1v) is 7.80. The second kappa shape index (κ2) is 5.94. The Hall–Kier alpha value is -1.74. The van der Waals surface area contributed by atoms with Crippen molar-refractivity contribution in [1.29, 1.82) is 0 Å².